The summed E-state index contributed by atoms with van der Waals surface area (Å²) in [5, 5.41) is 3.44. The zero-order chi connectivity index (χ0) is 20.2. The molecule has 2 aromatic rings. The lowest BCUT2D eigenvalue weighted by Crippen LogP contribution is -2.48. The Kier molecular flexibility index (Phi) is 5.92. The van der Waals surface area contributed by atoms with Crippen molar-refractivity contribution in [3.8, 4) is 5.75 Å². The molecule has 152 valence electrons. The monoisotopic (exact) mass is 393 g/mol. The number of ether oxygens (including phenoxy) is 1. The van der Waals surface area contributed by atoms with Crippen molar-refractivity contribution in [2.75, 3.05) is 25.1 Å². The summed E-state index contributed by atoms with van der Waals surface area (Å²) in [5.74, 6) is 0.385. The number of hydrogen-bond donors (Lipinski definition) is 1. The van der Waals surface area contributed by atoms with Gasteiger partial charge in [-0.1, -0.05) is 30.3 Å². The van der Waals surface area contributed by atoms with Gasteiger partial charge in [-0.2, -0.15) is 0 Å². The number of carbonyl (C=O) groups excluding carboxylic acids is 2. The fourth-order valence-electron chi connectivity index (χ4n) is 4.15. The largest absolute Gasteiger partial charge is 0.497 e. The summed E-state index contributed by atoms with van der Waals surface area (Å²) in [4.78, 5) is 29.1. The summed E-state index contributed by atoms with van der Waals surface area (Å²) >= 11 is 0. The molecule has 1 N–H and O–H groups in total. The van der Waals surface area contributed by atoms with Crippen LogP contribution in [0.3, 0.4) is 0 Å². The number of benzene rings is 2. The number of anilines is 1. The van der Waals surface area contributed by atoms with E-state index in [9.17, 15) is 9.59 Å². The zero-order valence-electron chi connectivity index (χ0n) is 16.7. The molecule has 2 heterocycles. The predicted octanol–water partition coefficient (Wildman–Crippen LogP) is 2.58. The van der Waals surface area contributed by atoms with E-state index in [0.717, 1.165) is 32.5 Å². The zero-order valence-corrected chi connectivity index (χ0v) is 16.7. The standard InChI is InChI=1S/C23H27N3O3/c1-29-20-9-7-19(8-10-20)26-22(27)15-21(23(26)28)24-18-11-13-25(14-12-18)16-17-5-3-2-4-6-17/h2-10,18,21,24H,11-16H2,1H3. The van der Waals surface area contributed by atoms with Crippen LogP contribution in [0.25, 0.3) is 0 Å². The van der Waals surface area contributed by atoms with Crippen LogP contribution in [0.1, 0.15) is 24.8 Å². The predicted molar refractivity (Wildman–Crippen MR) is 112 cm³/mol. The minimum atomic E-state index is -0.435. The second-order valence-corrected chi connectivity index (χ2v) is 7.72. The van der Waals surface area contributed by atoms with Gasteiger partial charge in [0.25, 0.3) is 5.91 Å². The van der Waals surface area contributed by atoms with E-state index < -0.39 is 6.04 Å². The summed E-state index contributed by atoms with van der Waals surface area (Å²) in [6.07, 6.45) is 2.18. The van der Waals surface area contributed by atoms with Gasteiger partial charge in [0.05, 0.1) is 25.3 Å². The number of nitrogens with zero attached hydrogens (tertiary/aromatic N) is 2. The van der Waals surface area contributed by atoms with Crippen LogP contribution < -0.4 is 15.0 Å². The Morgan fingerprint density at radius 1 is 1.00 bits per heavy atom. The Bertz CT molecular complexity index is 845. The third-order valence-corrected chi connectivity index (χ3v) is 5.75. The molecular weight excluding hydrogens is 366 g/mol. The molecule has 0 bridgehead atoms. The first kappa shape index (κ1) is 19.6. The number of carbonyl (C=O) groups is 2. The third kappa shape index (κ3) is 4.49. The van der Waals surface area contributed by atoms with Crippen molar-refractivity contribution in [3.05, 3.63) is 60.2 Å². The number of imide groups is 1. The lowest BCUT2D eigenvalue weighted by atomic mass is 10.0. The molecule has 0 radical (unpaired) electrons. The van der Waals surface area contributed by atoms with E-state index >= 15 is 0 Å². The van der Waals surface area contributed by atoms with Gasteiger partial charge in [0.15, 0.2) is 0 Å². The van der Waals surface area contributed by atoms with Crippen molar-refractivity contribution < 1.29 is 14.3 Å². The lowest BCUT2D eigenvalue weighted by molar-refractivity contribution is -0.121. The average Bonchev–Trinajstić information content (AvgIpc) is 3.03. The first-order chi connectivity index (χ1) is 14.1. The van der Waals surface area contributed by atoms with Crippen LogP contribution in [0.4, 0.5) is 5.69 Å². The topological polar surface area (TPSA) is 61.9 Å². The van der Waals surface area contributed by atoms with E-state index in [1.807, 2.05) is 6.07 Å². The van der Waals surface area contributed by atoms with E-state index in [2.05, 4.69) is 34.5 Å². The molecule has 2 aromatic carbocycles. The second kappa shape index (κ2) is 8.76. The lowest BCUT2D eigenvalue weighted by Gasteiger charge is -2.33. The minimum absolute atomic E-state index is 0.154. The highest BCUT2D eigenvalue weighted by Crippen LogP contribution is 2.26. The van der Waals surface area contributed by atoms with Crippen molar-refractivity contribution in [3.63, 3.8) is 0 Å². The molecule has 2 fully saturated rings. The van der Waals surface area contributed by atoms with Gasteiger partial charge in [-0.25, -0.2) is 4.90 Å². The Balaban J connectivity index is 1.31. The summed E-state index contributed by atoms with van der Waals surface area (Å²) < 4.78 is 5.15. The van der Waals surface area contributed by atoms with Crippen LogP contribution in [-0.4, -0.2) is 49.0 Å². The van der Waals surface area contributed by atoms with Crippen LogP contribution in [0, 0.1) is 0 Å². The third-order valence-electron chi connectivity index (χ3n) is 5.75. The molecule has 6 nitrogen and oxygen atoms in total. The van der Waals surface area contributed by atoms with Crippen molar-refractivity contribution in [2.24, 2.45) is 0 Å². The molecule has 2 aliphatic rings. The van der Waals surface area contributed by atoms with Crippen molar-refractivity contribution in [1.82, 2.24) is 10.2 Å². The fourth-order valence-corrected chi connectivity index (χ4v) is 4.15. The molecule has 6 heteroatoms. The molecule has 2 aliphatic heterocycles. The Morgan fingerprint density at radius 3 is 2.34 bits per heavy atom. The fraction of sp³-hybridized carbons (Fsp3) is 0.391. The van der Waals surface area contributed by atoms with Gasteiger partial charge in [-0.05, 0) is 55.8 Å². The molecule has 0 saturated carbocycles. The van der Waals surface area contributed by atoms with Gasteiger partial charge in [0, 0.05) is 12.6 Å². The normalized spacial score (nSPS) is 21.0. The maximum Gasteiger partial charge on any atom is 0.251 e. The van der Waals surface area contributed by atoms with Gasteiger partial charge < -0.3 is 10.1 Å². The molecular formula is C23H27N3O3. The van der Waals surface area contributed by atoms with E-state index in [-0.39, 0.29) is 24.3 Å². The van der Waals surface area contributed by atoms with Gasteiger partial charge >= 0.3 is 0 Å². The van der Waals surface area contributed by atoms with E-state index in [0.29, 0.717) is 11.4 Å². The summed E-state index contributed by atoms with van der Waals surface area (Å²) in [6.45, 7) is 2.94. The quantitative estimate of drug-likeness (QED) is 0.765. The highest BCUT2D eigenvalue weighted by atomic mass is 16.5. The number of rotatable bonds is 6. The molecule has 29 heavy (non-hydrogen) atoms. The number of hydrogen-bond acceptors (Lipinski definition) is 5. The average molecular weight is 393 g/mol. The van der Waals surface area contributed by atoms with Crippen molar-refractivity contribution >= 4 is 17.5 Å². The Labute approximate surface area is 171 Å². The van der Waals surface area contributed by atoms with Crippen LogP contribution in [0.2, 0.25) is 0 Å². The van der Waals surface area contributed by atoms with Gasteiger partial charge in [0.1, 0.15) is 5.75 Å². The van der Waals surface area contributed by atoms with Crippen LogP contribution in [-0.2, 0) is 16.1 Å². The summed E-state index contributed by atoms with van der Waals surface area (Å²) in [5.41, 5.74) is 1.92. The minimum Gasteiger partial charge on any atom is -0.497 e. The van der Waals surface area contributed by atoms with Crippen molar-refractivity contribution in [1.29, 1.82) is 0 Å². The first-order valence-electron chi connectivity index (χ1n) is 10.2. The van der Waals surface area contributed by atoms with Crippen LogP contribution in [0.15, 0.2) is 54.6 Å². The highest BCUT2D eigenvalue weighted by Gasteiger charge is 2.40. The molecule has 0 aromatic heterocycles. The summed E-state index contributed by atoms with van der Waals surface area (Å²) in [7, 11) is 1.59. The maximum atomic E-state index is 12.9. The molecule has 2 saturated heterocycles. The SMILES string of the molecule is COc1ccc(N2C(=O)CC(NC3CCN(Cc4ccccc4)CC3)C2=O)cc1. The summed E-state index contributed by atoms with van der Waals surface area (Å²) in [6, 6.07) is 17.3. The molecule has 2 amide bonds. The van der Waals surface area contributed by atoms with Crippen LogP contribution >= 0.6 is 0 Å². The smallest absolute Gasteiger partial charge is 0.251 e. The number of piperidine rings is 1. The van der Waals surface area contributed by atoms with E-state index in [1.165, 1.54) is 10.5 Å². The van der Waals surface area contributed by atoms with Gasteiger partial charge in [-0.3, -0.25) is 14.5 Å². The Morgan fingerprint density at radius 2 is 1.69 bits per heavy atom. The van der Waals surface area contributed by atoms with Gasteiger partial charge in [-0.15, -0.1) is 0 Å². The van der Waals surface area contributed by atoms with E-state index in [1.54, 1.807) is 31.4 Å². The molecule has 0 spiro atoms. The molecule has 1 unspecified atom stereocenters. The Hall–Kier alpha value is -2.70. The second-order valence-electron chi connectivity index (χ2n) is 7.72. The van der Waals surface area contributed by atoms with Crippen molar-refractivity contribution in [2.45, 2.75) is 37.9 Å². The van der Waals surface area contributed by atoms with E-state index in [4.69, 9.17) is 4.74 Å². The highest BCUT2D eigenvalue weighted by molar-refractivity contribution is 6.22. The number of amides is 2. The number of likely N-dealkylation sites (tertiary alicyclic amines) is 1. The molecule has 0 aliphatic carbocycles. The first-order valence-corrected chi connectivity index (χ1v) is 10.2. The number of methoxy groups -OCH3 is 1. The number of nitrogens with one attached hydrogen (secondary N) is 1. The molecule has 4 rings (SSSR count). The van der Waals surface area contributed by atoms with Gasteiger partial charge in [0.2, 0.25) is 5.91 Å². The maximum absolute atomic E-state index is 12.9. The van der Waals surface area contributed by atoms with Crippen LogP contribution in [0.5, 0.6) is 5.75 Å². The molecule has 1 atom stereocenters.